The van der Waals surface area contributed by atoms with Gasteiger partial charge in [-0.3, -0.25) is 0 Å². The van der Waals surface area contributed by atoms with Crippen molar-refractivity contribution < 1.29 is 0 Å². The predicted octanol–water partition coefficient (Wildman–Crippen LogP) is 24.6. The van der Waals surface area contributed by atoms with Crippen LogP contribution >= 0.6 is 45.3 Å². The molecule has 0 nitrogen and oxygen atoms in total. The van der Waals surface area contributed by atoms with E-state index in [0.717, 1.165) is 19.3 Å². The first kappa shape index (κ1) is 52.2. The van der Waals surface area contributed by atoms with Crippen molar-refractivity contribution in [2.24, 2.45) is 0 Å². The third kappa shape index (κ3) is 8.12. The highest BCUT2D eigenvalue weighted by molar-refractivity contribution is 7.27. The number of aryl methyl sites for hydroxylation is 1. The molecule has 0 N–H and O–H groups in total. The number of rotatable bonds is 12. The molecular weight excluding hydrogens is 1140 g/mol. The summed E-state index contributed by atoms with van der Waals surface area (Å²) in [6.07, 6.45) is 2.76. The van der Waals surface area contributed by atoms with Crippen molar-refractivity contribution >= 4 is 137 Å². The van der Waals surface area contributed by atoms with Gasteiger partial charge in [0.25, 0.3) is 0 Å². The van der Waals surface area contributed by atoms with Crippen LogP contribution in [0.15, 0.2) is 279 Å². The maximum atomic E-state index is 2.67. The van der Waals surface area contributed by atoms with Crippen molar-refractivity contribution in [1.29, 1.82) is 0 Å². The summed E-state index contributed by atoms with van der Waals surface area (Å²) in [4.78, 5) is 0. The minimum absolute atomic E-state index is 0.148. The Morgan fingerprint density at radius 1 is 0.341 bits per heavy atom. The molecule has 17 aromatic rings. The van der Waals surface area contributed by atoms with Gasteiger partial charge in [0.15, 0.2) is 0 Å². The molecule has 0 radical (unpaired) electrons. The lowest BCUT2D eigenvalue weighted by molar-refractivity contribution is 0.575. The zero-order valence-electron chi connectivity index (χ0n) is 48.5. The van der Waals surface area contributed by atoms with Gasteiger partial charge in [0.05, 0.1) is 5.41 Å². The minimum atomic E-state index is -0.611. The van der Waals surface area contributed by atoms with E-state index in [1.807, 2.05) is 45.3 Å². The molecule has 18 rings (SSSR count). The van der Waals surface area contributed by atoms with E-state index in [1.165, 1.54) is 158 Å². The molecule has 0 saturated heterocycles. The summed E-state index contributed by atoms with van der Waals surface area (Å²) in [6, 6.07) is 108. The molecule has 0 amide bonds. The standard InChI is InChI=1S/C84H58S4/c1-51(70(66-31-19-37-78-83(66)69-29-13-17-35-76(69)86-78)46-52-38-42-62-60-25-10-14-32-73(60)87-79(62)47-52)53-39-45-67-71(48-53)84(56-20-4-2-5-21-56,57-22-6-3-7-23-57)72-49-54(58-24-8-9-27-64(58)81(67)72)40-43-59(55-41-44-63-61-26-11-15-33-74(61)88-80(63)50-55)65-30-18-36-77-82(65)68-28-12-16-34-75(68)85-77/h2-39,41-42,44-45,47-51,59,70H,40,43,46H2,1H3. The number of fused-ring (bicyclic) bond motifs is 17. The highest BCUT2D eigenvalue weighted by atomic mass is 32.1. The van der Waals surface area contributed by atoms with E-state index in [0.29, 0.717) is 0 Å². The molecule has 1 aliphatic rings. The average molecular weight is 1200 g/mol. The molecule has 0 aliphatic heterocycles. The highest BCUT2D eigenvalue weighted by Crippen LogP contribution is 2.60. The van der Waals surface area contributed by atoms with Gasteiger partial charge in [-0.15, -0.1) is 45.3 Å². The smallest absolute Gasteiger partial charge is 0.0713 e. The van der Waals surface area contributed by atoms with Crippen molar-refractivity contribution in [3.63, 3.8) is 0 Å². The Morgan fingerprint density at radius 3 is 1.45 bits per heavy atom. The SMILES string of the molecule is CC(c1ccc2c(c1)C(c1ccccc1)(c1ccccc1)c1cc(CCC(c3ccc4c(c3)sc3ccccc34)c3cccc4sc5ccccc5c34)c3ccccc3c1-2)C(Cc1ccc2c(c1)sc1ccccc12)c1cccc2sc3ccccc3c12. The first-order chi connectivity index (χ1) is 43.5. The molecular formula is C84H58S4. The Morgan fingerprint density at radius 2 is 0.818 bits per heavy atom. The van der Waals surface area contributed by atoms with Crippen molar-refractivity contribution in [2.45, 2.75) is 49.4 Å². The second-order valence-corrected chi connectivity index (χ2v) is 28.7. The predicted molar refractivity (Wildman–Crippen MR) is 384 cm³/mol. The number of hydrogen-bond donors (Lipinski definition) is 0. The zero-order valence-corrected chi connectivity index (χ0v) is 51.8. The summed E-state index contributed by atoms with van der Waals surface area (Å²) in [5.74, 6) is 0.479. The Hall–Kier alpha value is -9.00. The molecule has 4 heteroatoms. The number of thiophene rings is 4. The van der Waals surface area contributed by atoms with E-state index >= 15 is 0 Å². The third-order valence-electron chi connectivity index (χ3n) is 19.8. The quantitative estimate of drug-likeness (QED) is 0.114. The molecule has 0 saturated carbocycles. The molecule has 13 aromatic carbocycles. The molecule has 4 aromatic heterocycles. The van der Waals surface area contributed by atoms with Gasteiger partial charge in [0.2, 0.25) is 0 Å². The number of hydrogen-bond acceptors (Lipinski definition) is 4. The van der Waals surface area contributed by atoms with E-state index in [-0.39, 0.29) is 17.8 Å². The first-order valence-corrected chi connectivity index (χ1v) is 34.2. The monoisotopic (exact) mass is 1190 g/mol. The normalized spacial score (nSPS) is 14.1. The van der Waals surface area contributed by atoms with Crippen LogP contribution in [-0.4, -0.2) is 0 Å². The molecule has 3 unspecified atom stereocenters. The van der Waals surface area contributed by atoms with Crippen molar-refractivity contribution in [3.05, 3.63) is 335 Å². The summed E-state index contributed by atoms with van der Waals surface area (Å²) >= 11 is 7.69. The van der Waals surface area contributed by atoms with Gasteiger partial charge in [-0.1, -0.05) is 237 Å². The number of benzene rings is 13. The Kier molecular flexibility index (Phi) is 12.3. The van der Waals surface area contributed by atoms with E-state index in [1.54, 1.807) is 0 Å². The fourth-order valence-electron chi connectivity index (χ4n) is 15.8. The molecule has 418 valence electrons. The lowest BCUT2D eigenvalue weighted by Crippen LogP contribution is -2.29. The van der Waals surface area contributed by atoms with Gasteiger partial charge in [-0.2, -0.15) is 0 Å². The lowest BCUT2D eigenvalue weighted by atomic mass is 9.66. The summed E-state index contributed by atoms with van der Waals surface area (Å²) in [6.45, 7) is 2.52. The van der Waals surface area contributed by atoms with Gasteiger partial charge in [-0.05, 0) is 157 Å². The lowest BCUT2D eigenvalue weighted by Gasteiger charge is -2.35. The van der Waals surface area contributed by atoms with Gasteiger partial charge in [-0.25, -0.2) is 0 Å². The van der Waals surface area contributed by atoms with Crippen LogP contribution in [0.2, 0.25) is 0 Å². The van der Waals surface area contributed by atoms with Gasteiger partial charge < -0.3 is 0 Å². The van der Waals surface area contributed by atoms with E-state index in [9.17, 15) is 0 Å². The Bertz CT molecular complexity index is 5560. The second kappa shape index (κ2) is 20.8. The molecule has 4 heterocycles. The van der Waals surface area contributed by atoms with Crippen molar-refractivity contribution in [1.82, 2.24) is 0 Å². The third-order valence-corrected chi connectivity index (χ3v) is 24.4. The Labute approximate surface area is 527 Å². The molecule has 88 heavy (non-hydrogen) atoms. The summed E-state index contributed by atoms with van der Waals surface area (Å²) < 4.78 is 10.8. The fourth-order valence-corrected chi connectivity index (χ4v) is 20.4. The fraction of sp³-hybridized carbons (Fsp3) is 0.0952. The summed E-state index contributed by atoms with van der Waals surface area (Å²) in [5, 5.41) is 13.6. The van der Waals surface area contributed by atoms with E-state index < -0.39 is 5.41 Å². The van der Waals surface area contributed by atoms with Crippen molar-refractivity contribution in [2.75, 3.05) is 0 Å². The zero-order chi connectivity index (χ0) is 58.0. The van der Waals surface area contributed by atoms with Crippen LogP contribution < -0.4 is 0 Å². The van der Waals surface area contributed by atoms with Crippen LogP contribution in [-0.2, 0) is 18.3 Å². The largest absolute Gasteiger partial charge is 0.135 e. The van der Waals surface area contributed by atoms with E-state index in [2.05, 4.69) is 286 Å². The molecule has 0 bridgehead atoms. The van der Waals surface area contributed by atoms with Crippen LogP contribution in [0.5, 0.6) is 0 Å². The van der Waals surface area contributed by atoms with Crippen LogP contribution in [0.3, 0.4) is 0 Å². The molecule has 0 fully saturated rings. The Balaban J connectivity index is 0.819. The first-order valence-electron chi connectivity index (χ1n) is 31.0. The van der Waals surface area contributed by atoms with Gasteiger partial charge >= 0.3 is 0 Å². The van der Waals surface area contributed by atoms with Crippen LogP contribution in [0.4, 0.5) is 0 Å². The van der Waals surface area contributed by atoms with Crippen LogP contribution in [0, 0.1) is 0 Å². The van der Waals surface area contributed by atoms with E-state index in [4.69, 9.17) is 0 Å². The minimum Gasteiger partial charge on any atom is -0.135 e. The molecule has 1 aliphatic carbocycles. The van der Waals surface area contributed by atoms with Crippen LogP contribution in [0.25, 0.3) is 103 Å². The van der Waals surface area contributed by atoms with Gasteiger partial charge in [0.1, 0.15) is 0 Å². The maximum Gasteiger partial charge on any atom is 0.0713 e. The molecule has 0 spiro atoms. The topological polar surface area (TPSA) is 0 Å². The second-order valence-electron chi connectivity index (χ2n) is 24.4. The summed E-state index contributed by atoms with van der Waals surface area (Å²) in [5.41, 5.74) is 15.8. The van der Waals surface area contributed by atoms with Crippen molar-refractivity contribution in [3.8, 4) is 11.1 Å². The van der Waals surface area contributed by atoms with Gasteiger partial charge in [0, 0.05) is 86.6 Å². The highest BCUT2D eigenvalue weighted by Gasteiger charge is 2.47. The molecule has 3 atom stereocenters. The average Bonchev–Trinajstić information content (AvgIpc) is 1.53. The maximum absolute atomic E-state index is 2.67. The summed E-state index contributed by atoms with van der Waals surface area (Å²) in [7, 11) is 0. The van der Waals surface area contributed by atoms with Crippen LogP contribution in [0.1, 0.15) is 86.7 Å².